The molecule has 7 nitrogen and oxygen atoms in total. The highest BCUT2D eigenvalue weighted by molar-refractivity contribution is 5.79. The highest BCUT2D eigenvalue weighted by Crippen LogP contribution is 2.21. The molecule has 3 amide bonds. The number of nitrogens with zero attached hydrogens (tertiary/aromatic N) is 3. The molecule has 0 aliphatic carbocycles. The summed E-state index contributed by atoms with van der Waals surface area (Å²) < 4.78 is 0. The third kappa shape index (κ3) is 7.73. The minimum Gasteiger partial charge on any atom is -0.356 e. The van der Waals surface area contributed by atoms with E-state index in [9.17, 15) is 9.59 Å². The van der Waals surface area contributed by atoms with Crippen molar-refractivity contribution in [1.29, 1.82) is 0 Å². The highest BCUT2D eigenvalue weighted by Gasteiger charge is 2.31. The zero-order valence-corrected chi connectivity index (χ0v) is 19.8. The van der Waals surface area contributed by atoms with Crippen molar-refractivity contribution in [2.75, 3.05) is 58.9 Å². The molecule has 0 radical (unpaired) electrons. The van der Waals surface area contributed by atoms with E-state index in [1.54, 1.807) is 0 Å². The normalized spacial score (nSPS) is 19.2. The van der Waals surface area contributed by atoms with Gasteiger partial charge in [-0.15, -0.1) is 0 Å². The first-order valence-corrected chi connectivity index (χ1v) is 12.1. The largest absolute Gasteiger partial charge is 0.356 e. The van der Waals surface area contributed by atoms with Gasteiger partial charge >= 0.3 is 6.03 Å². The fourth-order valence-corrected chi connectivity index (χ4v) is 4.56. The molecule has 0 unspecified atom stereocenters. The lowest BCUT2D eigenvalue weighted by molar-refractivity contribution is -0.126. The van der Waals surface area contributed by atoms with Gasteiger partial charge in [0.2, 0.25) is 5.91 Å². The Morgan fingerprint density at radius 2 is 1.60 bits per heavy atom. The summed E-state index contributed by atoms with van der Waals surface area (Å²) in [5, 5.41) is 6.23. The minimum absolute atomic E-state index is 0.0122. The topological polar surface area (TPSA) is 67.9 Å². The van der Waals surface area contributed by atoms with E-state index in [0.29, 0.717) is 19.6 Å². The molecule has 2 saturated heterocycles. The first-order valence-electron chi connectivity index (χ1n) is 12.1. The van der Waals surface area contributed by atoms with Gasteiger partial charge in [0.1, 0.15) is 0 Å². The molecule has 0 saturated carbocycles. The van der Waals surface area contributed by atoms with Crippen LogP contribution in [0.25, 0.3) is 0 Å². The average molecular weight is 424 g/mol. The molecule has 0 spiro atoms. The second-order valence-electron chi connectivity index (χ2n) is 9.45. The number of hydrogen-bond donors (Lipinski definition) is 2. The molecule has 7 heteroatoms. The summed E-state index contributed by atoms with van der Waals surface area (Å²) in [7, 11) is 0. The standard InChI is InChI=1S/C23H45N5O2/c1-5-26(6-2)14-10-13-24-21(29)20-11-17-27(18-12-20)22(30)25-19-23(3,4)28-15-8-7-9-16-28/h20H,5-19H2,1-4H3,(H,24,29)(H,25,30). The van der Waals surface area contributed by atoms with Gasteiger partial charge in [0.15, 0.2) is 0 Å². The first-order chi connectivity index (χ1) is 14.4. The van der Waals surface area contributed by atoms with E-state index in [2.05, 4.69) is 48.1 Å². The maximum atomic E-state index is 12.6. The Morgan fingerprint density at radius 1 is 0.967 bits per heavy atom. The molecule has 0 aromatic rings. The summed E-state index contributed by atoms with van der Waals surface area (Å²) >= 11 is 0. The SMILES string of the molecule is CCN(CC)CCCNC(=O)C1CCN(C(=O)NCC(C)(C)N2CCCCC2)CC1. The molecule has 2 heterocycles. The maximum Gasteiger partial charge on any atom is 0.317 e. The molecular weight excluding hydrogens is 378 g/mol. The van der Waals surface area contributed by atoms with Crippen molar-refractivity contribution in [3.8, 4) is 0 Å². The Hall–Kier alpha value is -1.34. The van der Waals surface area contributed by atoms with Crippen LogP contribution in [0.5, 0.6) is 0 Å². The van der Waals surface area contributed by atoms with E-state index in [4.69, 9.17) is 0 Å². The van der Waals surface area contributed by atoms with Crippen molar-refractivity contribution < 1.29 is 9.59 Å². The van der Waals surface area contributed by atoms with E-state index in [1.165, 1.54) is 19.3 Å². The first kappa shape index (κ1) is 24.9. The molecule has 0 bridgehead atoms. The van der Waals surface area contributed by atoms with E-state index in [0.717, 1.165) is 58.5 Å². The lowest BCUT2D eigenvalue weighted by atomic mass is 9.96. The van der Waals surface area contributed by atoms with Crippen molar-refractivity contribution in [3.63, 3.8) is 0 Å². The van der Waals surface area contributed by atoms with Gasteiger partial charge in [-0.3, -0.25) is 9.69 Å². The van der Waals surface area contributed by atoms with Gasteiger partial charge in [-0.25, -0.2) is 4.79 Å². The number of hydrogen-bond acceptors (Lipinski definition) is 4. The van der Waals surface area contributed by atoms with Crippen LogP contribution in [0.2, 0.25) is 0 Å². The third-order valence-corrected chi connectivity index (χ3v) is 6.88. The molecule has 2 rings (SSSR count). The molecule has 174 valence electrons. The Labute approximate surface area is 183 Å². The fourth-order valence-electron chi connectivity index (χ4n) is 4.56. The van der Waals surface area contributed by atoms with E-state index in [1.807, 2.05) is 4.90 Å². The van der Waals surface area contributed by atoms with Gasteiger partial charge in [0.05, 0.1) is 0 Å². The van der Waals surface area contributed by atoms with Crippen molar-refractivity contribution >= 4 is 11.9 Å². The van der Waals surface area contributed by atoms with Gasteiger partial charge in [-0.2, -0.15) is 0 Å². The molecule has 0 atom stereocenters. The Kier molecular flexibility index (Phi) is 10.4. The molecule has 2 N–H and O–H groups in total. The Balaban J connectivity index is 1.64. The van der Waals surface area contributed by atoms with Crippen LogP contribution in [0.15, 0.2) is 0 Å². The number of carbonyl (C=O) groups excluding carboxylic acids is 2. The predicted octanol–water partition coefficient (Wildman–Crippen LogP) is 2.52. The van der Waals surface area contributed by atoms with Crippen LogP contribution in [0.3, 0.4) is 0 Å². The fraction of sp³-hybridized carbons (Fsp3) is 0.913. The zero-order valence-electron chi connectivity index (χ0n) is 19.8. The van der Waals surface area contributed by atoms with Crippen molar-refractivity contribution in [2.24, 2.45) is 5.92 Å². The van der Waals surface area contributed by atoms with Crippen LogP contribution < -0.4 is 10.6 Å². The van der Waals surface area contributed by atoms with Gasteiger partial charge in [-0.05, 0) is 78.7 Å². The van der Waals surface area contributed by atoms with E-state index >= 15 is 0 Å². The number of amides is 3. The lowest BCUT2D eigenvalue weighted by Gasteiger charge is -2.41. The van der Waals surface area contributed by atoms with Crippen LogP contribution in [0, 0.1) is 5.92 Å². The maximum absolute atomic E-state index is 12.6. The third-order valence-electron chi connectivity index (χ3n) is 6.88. The average Bonchev–Trinajstić information content (AvgIpc) is 2.78. The molecule has 2 fully saturated rings. The summed E-state index contributed by atoms with van der Waals surface area (Å²) in [4.78, 5) is 31.8. The quantitative estimate of drug-likeness (QED) is 0.530. The number of piperidine rings is 2. The van der Waals surface area contributed by atoms with Gasteiger partial charge in [0.25, 0.3) is 0 Å². The molecule has 2 aliphatic heterocycles. The second-order valence-corrected chi connectivity index (χ2v) is 9.45. The second kappa shape index (κ2) is 12.5. The molecular formula is C23H45N5O2. The Bertz CT molecular complexity index is 522. The van der Waals surface area contributed by atoms with Crippen LogP contribution >= 0.6 is 0 Å². The Morgan fingerprint density at radius 3 is 2.20 bits per heavy atom. The van der Waals surface area contributed by atoms with Crippen molar-refractivity contribution in [1.82, 2.24) is 25.3 Å². The summed E-state index contributed by atoms with van der Waals surface area (Å²) in [5.41, 5.74) is -0.0145. The van der Waals surface area contributed by atoms with Crippen LogP contribution in [-0.2, 0) is 4.79 Å². The predicted molar refractivity (Wildman–Crippen MR) is 123 cm³/mol. The van der Waals surface area contributed by atoms with E-state index < -0.39 is 0 Å². The number of rotatable bonds is 10. The number of carbonyl (C=O) groups is 2. The van der Waals surface area contributed by atoms with Crippen molar-refractivity contribution in [2.45, 2.75) is 71.8 Å². The summed E-state index contributed by atoms with van der Waals surface area (Å²) in [5.74, 6) is 0.188. The van der Waals surface area contributed by atoms with Gasteiger partial charge < -0.3 is 20.4 Å². The smallest absolute Gasteiger partial charge is 0.317 e. The van der Waals surface area contributed by atoms with Crippen molar-refractivity contribution in [3.05, 3.63) is 0 Å². The number of likely N-dealkylation sites (tertiary alicyclic amines) is 2. The van der Waals surface area contributed by atoms with Crippen LogP contribution in [0.1, 0.15) is 66.2 Å². The monoisotopic (exact) mass is 423 g/mol. The molecule has 2 aliphatic rings. The lowest BCUT2D eigenvalue weighted by Crippen LogP contribution is -2.55. The summed E-state index contributed by atoms with van der Waals surface area (Å²) in [6, 6.07) is 0.0122. The van der Waals surface area contributed by atoms with Crippen LogP contribution in [-0.4, -0.2) is 91.1 Å². The number of urea groups is 1. The zero-order chi connectivity index (χ0) is 22.0. The molecule has 30 heavy (non-hydrogen) atoms. The minimum atomic E-state index is -0.0145. The summed E-state index contributed by atoms with van der Waals surface area (Å²) in [6.07, 6.45) is 6.32. The van der Waals surface area contributed by atoms with Gasteiger partial charge in [-0.1, -0.05) is 20.3 Å². The van der Waals surface area contributed by atoms with E-state index in [-0.39, 0.29) is 23.4 Å². The van der Waals surface area contributed by atoms with Gasteiger partial charge in [0, 0.05) is 37.6 Å². The number of nitrogens with one attached hydrogen (secondary N) is 2. The highest BCUT2D eigenvalue weighted by atomic mass is 16.2. The summed E-state index contributed by atoms with van der Waals surface area (Å²) in [6.45, 7) is 16.9. The molecule has 0 aromatic heterocycles. The van der Waals surface area contributed by atoms with Crippen LogP contribution in [0.4, 0.5) is 4.79 Å². The molecule has 0 aromatic carbocycles.